The van der Waals surface area contributed by atoms with E-state index in [1.54, 1.807) is 0 Å². The van der Waals surface area contributed by atoms with E-state index < -0.39 is 0 Å². The van der Waals surface area contributed by atoms with E-state index in [4.69, 9.17) is 0 Å². The summed E-state index contributed by atoms with van der Waals surface area (Å²) in [5.41, 5.74) is 2.86. The van der Waals surface area contributed by atoms with Crippen molar-refractivity contribution in [3.63, 3.8) is 0 Å². The summed E-state index contributed by atoms with van der Waals surface area (Å²) in [5, 5.41) is 21.3. The van der Waals surface area contributed by atoms with Crippen LogP contribution in [0.5, 0.6) is 0 Å². The van der Waals surface area contributed by atoms with E-state index in [1.165, 1.54) is 97.3 Å². The first-order valence-electron chi connectivity index (χ1n) is 15.0. The Bertz CT molecular complexity index is 2640. The lowest BCUT2D eigenvalue weighted by Gasteiger charge is -2.18. The number of hydrogen-bond acceptors (Lipinski definition) is 0. The number of hydrogen-bond donors (Lipinski definition) is 0. The van der Waals surface area contributed by atoms with Crippen LogP contribution in [-0.2, 0) is 6.42 Å². The molecule has 0 fully saturated rings. The van der Waals surface area contributed by atoms with Crippen LogP contribution in [0.25, 0.3) is 92.3 Å². The molecule has 9 aromatic carbocycles. The lowest BCUT2D eigenvalue weighted by molar-refractivity contribution is 0.990. The molecular weight excluding hydrogens is 504 g/mol. The fraction of sp³-hybridized carbons (Fsp3) is 0.0476. The molecule has 42 heavy (non-hydrogen) atoms. The Morgan fingerprint density at radius 2 is 0.738 bits per heavy atom. The van der Waals surface area contributed by atoms with Crippen LogP contribution in [0.2, 0.25) is 0 Å². The summed E-state index contributed by atoms with van der Waals surface area (Å²) in [4.78, 5) is 0. The first kappa shape index (κ1) is 22.5. The van der Waals surface area contributed by atoms with Gasteiger partial charge in [0, 0.05) is 0 Å². The van der Waals surface area contributed by atoms with Crippen molar-refractivity contribution in [3.05, 3.63) is 139 Å². The first-order valence-corrected chi connectivity index (χ1v) is 15.0. The molecule has 0 unspecified atom stereocenters. The van der Waals surface area contributed by atoms with Gasteiger partial charge in [-0.1, -0.05) is 133 Å². The number of benzene rings is 9. The van der Waals surface area contributed by atoms with Crippen LogP contribution < -0.4 is 0 Å². The Kier molecular flexibility index (Phi) is 4.38. The average Bonchev–Trinajstić information content (AvgIpc) is 3.06. The SMILES string of the molecule is C1=Cc2c(ccc3ccc4ccc5ccc6ccc7ccc8ccc9ccc%10ccccc%10c9c8c7c6c5c4c23)CC1. The maximum Gasteiger partial charge on any atom is -0.00139 e. The summed E-state index contributed by atoms with van der Waals surface area (Å²) in [7, 11) is 0. The molecule has 0 heterocycles. The highest BCUT2D eigenvalue weighted by Gasteiger charge is 2.18. The molecule has 0 nitrogen and oxygen atoms in total. The second kappa shape index (κ2) is 8.18. The minimum absolute atomic E-state index is 1.11. The second-order valence-electron chi connectivity index (χ2n) is 11.9. The van der Waals surface area contributed by atoms with Gasteiger partial charge in [-0.2, -0.15) is 0 Å². The highest BCUT2D eigenvalue weighted by molar-refractivity contribution is 6.39. The van der Waals surface area contributed by atoms with E-state index >= 15 is 0 Å². The van der Waals surface area contributed by atoms with E-state index in [0.29, 0.717) is 0 Å². The largest absolute Gasteiger partial charge is 0.0836 e. The molecule has 9 aromatic rings. The van der Waals surface area contributed by atoms with Gasteiger partial charge in [-0.15, -0.1) is 0 Å². The van der Waals surface area contributed by atoms with Gasteiger partial charge in [-0.25, -0.2) is 0 Å². The van der Waals surface area contributed by atoms with E-state index in [2.05, 4.69) is 133 Å². The van der Waals surface area contributed by atoms with Gasteiger partial charge in [0.15, 0.2) is 0 Å². The highest BCUT2D eigenvalue weighted by atomic mass is 14.2. The smallest absolute Gasteiger partial charge is 0.00139 e. The lowest BCUT2D eigenvalue weighted by atomic mass is 9.85. The normalized spacial score (nSPS) is 13.4. The molecule has 0 bridgehead atoms. The number of fused-ring (bicyclic) bond motifs is 17. The van der Waals surface area contributed by atoms with Crippen molar-refractivity contribution in [2.45, 2.75) is 12.8 Å². The van der Waals surface area contributed by atoms with Crippen LogP contribution >= 0.6 is 0 Å². The molecule has 0 aliphatic heterocycles. The number of aryl methyl sites for hydroxylation is 1. The molecular formula is C42H26. The molecule has 1 aliphatic rings. The molecule has 10 rings (SSSR count). The number of allylic oxidation sites excluding steroid dienone is 1. The average molecular weight is 531 g/mol. The quantitative estimate of drug-likeness (QED) is 0.171. The zero-order valence-electron chi connectivity index (χ0n) is 23.1. The molecule has 0 radical (unpaired) electrons. The van der Waals surface area contributed by atoms with Crippen molar-refractivity contribution in [1.82, 2.24) is 0 Å². The minimum Gasteiger partial charge on any atom is -0.0836 e. The molecule has 0 spiro atoms. The fourth-order valence-electron chi connectivity index (χ4n) is 7.91. The molecule has 0 heteroatoms. The van der Waals surface area contributed by atoms with Gasteiger partial charge in [-0.3, -0.25) is 0 Å². The van der Waals surface area contributed by atoms with Crippen molar-refractivity contribution in [2.75, 3.05) is 0 Å². The standard InChI is InChI=1S/C42H26/c1-3-7-34-25(5-1)9-11-27-13-15-29-17-19-31-21-23-33-24-22-32-20-18-30-16-14-28-12-10-26-6-2-4-8-35(26)37(28)39(30)41(32)42(33)40(31)38(29)36(27)34/h1,3-5,7-24H,2,6H2. The van der Waals surface area contributed by atoms with Crippen molar-refractivity contribution >= 4 is 92.3 Å². The fourth-order valence-corrected chi connectivity index (χ4v) is 7.91. The highest BCUT2D eigenvalue weighted by Crippen LogP contribution is 2.45. The molecule has 0 amide bonds. The summed E-state index contributed by atoms with van der Waals surface area (Å²) in [6.07, 6.45) is 6.95. The van der Waals surface area contributed by atoms with Gasteiger partial charge in [0.05, 0.1) is 0 Å². The van der Waals surface area contributed by atoms with Crippen LogP contribution in [0.4, 0.5) is 0 Å². The second-order valence-corrected chi connectivity index (χ2v) is 11.9. The first-order chi connectivity index (χ1) is 20.8. The van der Waals surface area contributed by atoms with E-state index in [9.17, 15) is 0 Å². The maximum absolute atomic E-state index is 2.37. The summed E-state index contributed by atoms with van der Waals surface area (Å²) in [5.74, 6) is 0. The molecule has 0 saturated heterocycles. The van der Waals surface area contributed by atoms with E-state index in [1.807, 2.05) is 0 Å². The molecule has 0 saturated carbocycles. The summed E-state index contributed by atoms with van der Waals surface area (Å²) < 4.78 is 0. The van der Waals surface area contributed by atoms with Crippen LogP contribution in [0.1, 0.15) is 17.5 Å². The Hall–Kier alpha value is -5.20. The van der Waals surface area contributed by atoms with Crippen molar-refractivity contribution < 1.29 is 0 Å². The third-order valence-electron chi connectivity index (χ3n) is 9.79. The van der Waals surface area contributed by atoms with Crippen LogP contribution in [0.15, 0.2) is 127 Å². The van der Waals surface area contributed by atoms with Gasteiger partial charge in [0.2, 0.25) is 0 Å². The Labute approximate surface area is 243 Å². The molecule has 194 valence electrons. The lowest BCUT2D eigenvalue weighted by Crippen LogP contribution is -1.96. The zero-order valence-corrected chi connectivity index (χ0v) is 23.1. The molecule has 0 aromatic heterocycles. The van der Waals surface area contributed by atoms with Crippen molar-refractivity contribution in [1.29, 1.82) is 0 Å². The Morgan fingerprint density at radius 3 is 1.31 bits per heavy atom. The summed E-state index contributed by atoms with van der Waals surface area (Å²) in [6, 6.07) is 45.9. The molecule has 0 N–H and O–H groups in total. The Balaban J connectivity index is 1.56. The van der Waals surface area contributed by atoms with Gasteiger partial charge in [0.1, 0.15) is 0 Å². The van der Waals surface area contributed by atoms with Crippen LogP contribution in [-0.4, -0.2) is 0 Å². The molecule has 0 atom stereocenters. The zero-order chi connectivity index (χ0) is 27.4. The summed E-state index contributed by atoms with van der Waals surface area (Å²) >= 11 is 0. The van der Waals surface area contributed by atoms with Crippen LogP contribution in [0, 0.1) is 0 Å². The summed E-state index contributed by atoms with van der Waals surface area (Å²) in [6.45, 7) is 0. The van der Waals surface area contributed by atoms with Crippen molar-refractivity contribution in [2.24, 2.45) is 0 Å². The van der Waals surface area contributed by atoms with Gasteiger partial charge in [-0.05, 0) is 110 Å². The third kappa shape index (κ3) is 2.91. The van der Waals surface area contributed by atoms with Gasteiger partial charge in [0.25, 0.3) is 0 Å². The van der Waals surface area contributed by atoms with E-state index in [0.717, 1.165) is 12.8 Å². The maximum atomic E-state index is 2.37. The third-order valence-corrected chi connectivity index (χ3v) is 9.79. The van der Waals surface area contributed by atoms with Crippen LogP contribution in [0.3, 0.4) is 0 Å². The topological polar surface area (TPSA) is 0 Å². The van der Waals surface area contributed by atoms with Crippen molar-refractivity contribution in [3.8, 4) is 0 Å². The minimum atomic E-state index is 1.11. The monoisotopic (exact) mass is 530 g/mol. The predicted octanol–water partition coefficient (Wildman–Crippen LogP) is 11.9. The Morgan fingerprint density at radius 1 is 0.333 bits per heavy atom. The predicted molar refractivity (Wildman–Crippen MR) is 184 cm³/mol. The van der Waals surface area contributed by atoms with E-state index in [-0.39, 0.29) is 0 Å². The van der Waals surface area contributed by atoms with Gasteiger partial charge >= 0.3 is 0 Å². The number of rotatable bonds is 0. The molecule has 1 aliphatic carbocycles. The van der Waals surface area contributed by atoms with Gasteiger partial charge < -0.3 is 0 Å².